The second-order valence-electron chi connectivity index (χ2n) is 4.50. The molecule has 17 heavy (non-hydrogen) atoms. The van der Waals surface area contributed by atoms with Gasteiger partial charge in [-0.05, 0) is 32.9 Å². The monoisotopic (exact) mass is 256 g/mol. The molecular formula is C12H16O4S. The third-order valence-corrected chi connectivity index (χ3v) is 2.61. The number of hydrogen-bond acceptors (Lipinski definition) is 5. The van der Waals surface area contributed by atoms with E-state index < -0.39 is 5.60 Å². The minimum Gasteiger partial charge on any atom is -0.459 e. The Morgan fingerprint density at radius 2 is 2.18 bits per heavy atom. The number of rotatable bonds is 5. The van der Waals surface area contributed by atoms with E-state index in [4.69, 9.17) is 9.15 Å². The lowest BCUT2D eigenvalue weighted by atomic mass is 10.2. The van der Waals surface area contributed by atoms with Crippen LogP contribution >= 0.6 is 11.8 Å². The molecule has 0 unspecified atom stereocenters. The zero-order valence-electron chi connectivity index (χ0n) is 10.2. The molecule has 0 fully saturated rings. The summed E-state index contributed by atoms with van der Waals surface area (Å²) in [5, 5.41) is 0. The summed E-state index contributed by atoms with van der Waals surface area (Å²) < 4.78 is 10.3. The molecule has 1 aromatic rings. The number of thioether (sulfide) groups is 1. The van der Waals surface area contributed by atoms with Crippen molar-refractivity contribution in [1.82, 2.24) is 0 Å². The van der Waals surface area contributed by atoms with E-state index >= 15 is 0 Å². The molecule has 0 amide bonds. The fourth-order valence-corrected chi connectivity index (χ4v) is 1.83. The number of hydrogen-bond donors (Lipinski definition) is 0. The summed E-state index contributed by atoms with van der Waals surface area (Å²) in [7, 11) is 0. The molecule has 0 aliphatic carbocycles. The summed E-state index contributed by atoms with van der Waals surface area (Å²) in [5.74, 6) is 1.56. The molecule has 0 aromatic carbocycles. The first kappa shape index (κ1) is 13.8. The van der Waals surface area contributed by atoms with Crippen LogP contribution in [0.3, 0.4) is 0 Å². The van der Waals surface area contributed by atoms with Crippen LogP contribution in [0.2, 0.25) is 0 Å². The lowest BCUT2D eigenvalue weighted by molar-refractivity contribution is -0.151. The van der Waals surface area contributed by atoms with E-state index in [1.54, 1.807) is 12.1 Å². The van der Waals surface area contributed by atoms with Crippen LogP contribution in [0.5, 0.6) is 0 Å². The Balaban J connectivity index is 2.28. The van der Waals surface area contributed by atoms with Crippen LogP contribution in [-0.2, 0) is 15.3 Å². The molecule has 0 spiro atoms. The van der Waals surface area contributed by atoms with E-state index in [1.807, 2.05) is 20.8 Å². The van der Waals surface area contributed by atoms with Gasteiger partial charge in [-0.15, -0.1) is 11.8 Å². The number of carbonyl (C=O) groups excluding carboxylic acids is 2. The minimum absolute atomic E-state index is 0.246. The van der Waals surface area contributed by atoms with E-state index in [0.717, 1.165) is 0 Å². The maximum Gasteiger partial charge on any atom is 0.316 e. The van der Waals surface area contributed by atoms with Gasteiger partial charge in [-0.1, -0.05) is 0 Å². The highest BCUT2D eigenvalue weighted by atomic mass is 32.2. The van der Waals surface area contributed by atoms with E-state index in [2.05, 4.69) is 0 Å². The summed E-state index contributed by atoms with van der Waals surface area (Å²) in [5.41, 5.74) is -0.451. The molecule has 1 aromatic heterocycles. The van der Waals surface area contributed by atoms with Gasteiger partial charge in [0.1, 0.15) is 11.4 Å². The van der Waals surface area contributed by atoms with Gasteiger partial charge in [0.2, 0.25) is 0 Å². The number of carbonyl (C=O) groups is 2. The molecule has 94 valence electrons. The van der Waals surface area contributed by atoms with Crippen molar-refractivity contribution in [3.63, 3.8) is 0 Å². The average Bonchev–Trinajstić information content (AvgIpc) is 2.63. The lowest BCUT2D eigenvalue weighted by Gasteiger charge is -2.19. The van der Waals surface area contributed by atoms with Gasteiger partial charge in [-0.3, -0.25) is 9.59 Å². The fraction of sp³-hybridized carbons (Fsp3) is 0.500. The van der Waals surface area contributed by atoms with Crippen LogP contribution < -0.4 is 0 Å². The summed E-state index contributed by atoms with van der Waals surface area (Å²) >= 11 is 1.39. The molecular weight excluding hydrogens is 240 g/mol. The van der Waals surface area contributed by atoms with E-state index in [1.165, 1.54) is 11.8 Å². The summed E-state index contributed by atoms with van der Waals surface area (Å²) in [6.45, 7) is 5.50. The van der Waals surface area contributed by atoms with Crippen LogP contribution in [0, 0.1) is 0 Å². The largest absolute Gasteiger partial charge is 0.459 e. The normalized spacial score (nSPS) is 11.2. The van der Waals surface area contributed by atoms with Gasteiger partial charge in [-0.25, -0.2) is 0 Å². The van der Waals surface area contributed by atoms with Crippen LogP contribution in [0.1, 0.15) is 37.1 Å². The molecule has 0 saturated heterocycles. The molecule has 0 atom stereocenters. The third-order valence-electron chi connectivity index (χ3n) is 1.68. The molecule has 0 aliphatic heterocycles. The number of aldehydes is 1. The number of furan rings is 1. The molecule has 4 nitrogen and oxygen atoms in total. The predicted molar refractivity (Wildman–Crippen MR) is 66.1 cm³/mol. The maximum atomic E-state index is 11.4. The SMILES string of the molecule is CC(C)(C)OC(=O)CSCc1ccc(C=O)o1. The number of esters is 1. The predicted octanol–water partition coefficient (Wildman–Crippen LogP) is 2.67. The van der Waals surface area contributed by atoms with Crippen molar-refractivity contribution >= 4 is 24.0 Å². The highest BCUT2D eigenvalue weighted by Crippen LogP contribution is 2.16. The van der Waals surface area contributed by atoms with Gasteiger partial charge in [0.15, 0.2) is 12.0 Å². The highest BCUT2D eigenvalue weighted by molar-refractivity contribution is 7.99. The Bertz CT molecular complexity index is 389. The van der Waals surface area contributed by atoms with Crippen LogP contribution in [-0.4, -0.2) is 23.6 Å². The van der Waals surface area contributed by atoms with Crippen LogP contribution in [0.15, 0.2) is 16.5 Å². The van der Waals surface area contributed by atoms with E-state index in [-0.39, 0.29) is 11.7 Å². The second kappa shape index (κ2) is 5.91. The molecule has 0 saturated carbocycles. The van der Waals surface area contributed by atoms with Crippen molar-refractivity contribution in [1.29, 1.82) is 0 Å². The minimum atomic E-state index is -0.451. The van der Waals surface area contributed by atoms with Gasteiger partial charge in [-0.2, -0.15) is 0 Å². The average molecular weight is 256 g/mol. The zero-order chi connectivity index (χ0) is 12.9. The Kier molecular flexibility index (Phi) is 4.81. The lowest BCUT2D eigenvalue weighted by Crippen LogP contribution is -2.24. The summed E-state index contributed by atoms with van der Waals surface area (Å²) in [6, 6.07) is 3.34. The molecule has 0 bridgehead atoms. The molecule has 0 aliphatic rings. The van der Waals surface area contributed by atoms with E-state index in [0.29, 0.717) is 23.6 Å². The van der Waals surface area contributed by atoms with Crippen LogP contribution in [0.4, 0.5) is 0 Å². The van der Waals surface area contributed by atoms with E-state index in [9.17, 15) is 9.59 Å². The standard InChI is InChI=1S/C12H16O4S/c1-12(2,3)16-11(14)8-17-7-10-5-4-9(6-13)15-10/h4-6H,7-8H2,1-3H3. The van der Waals surface area contributed by atoms with Gasteiger partial charge < -0.3 is 9.15 Å². The smallest absolute Gasteiger partial charge is 0.316 e. The maximum absolute atomic E-state index is 11.4. The Hall–Kier alpha value is -1.23. The quantitative estimate of drug-likeness (QED) is 0.599. The third kappa shape index (κ3) is 5.58. The molecule has 1 rings (SSSR count). The van der Waals surface area contributed by atoms with Crippen molar-refractivity contribution in [3.8, 4) is 0 Å². The zero-order valence-corrected chi connectivity index (χ0v) is 11.0. The second-order valence-corrected chi connectivity index (χ2v) is 5.49. The molecule has 5 heteroatoms. The molecule has 1 heterocycles. The topological polar surface area (TPSA) is 56.5 Å². The van der Waals surface area contributed by atoms with Gasteiger partial charge >= 0.3 is 5.97 Å². The fourth-order valence-electron chi connectivity index (χ4n) is 1.14. The Labute approximate surface area is 105 Å². The first-order valence-corrected chi connectivity index (χ1v) is 6.39. The highest BCUT2D eigenvalue weighted by Gasteiger charge is 2.16. The first-order valence-electron chi connectivity index (χ1n) is 5.24. The molecule has 0 radical (unpaired) electrons. The summed E-state index contributed by atoms with van der Waals surface area (Å²) in [6.07, 6.45) is 0.655. The number of ether oxygens (including phenoxy) is 1. The van der Waals surface area contributed by atoms with Crippen molar-refractivity contribution in [2.24, 2.45) is 0 Å². The Morgan fingerprint density at radius 3 is 2.71 bits per heavy atom. The molecule has 0 N–H and O–H groups in total. The van der Waals surface area contributed by atoms with Gasteiger partial charge in [0.25, 0.3) is 0 Å². The Morgan fingerprint density at radius 1 is 1.47 bits per heavy atom. The summed E-state index contributed by atoms with van der Waals surface area (Å²) in [4.78, 5) is 21.8. The van der Waals surface area contributed by atoms with Crippen molar-refractivity contribution in [2.75, 3.05) is 5.75 Å². The van der Waals surface area contributed by atoms with Gasteiger partial charge in [0, 0.05) is 0 Å². The van der Waals surface area contributed by atoms with Crippen molar-refractivity contribution < 1.29 is 18.7 Å². The first-order chi connectivity index (χ1) is 7.90. The van der Waals surface area contributed by atoms with Crippen molar-refractivity contribution in [3.05, 3.63) is 23.7 Å². The van der Waals surface area contributed by atoms with Crippen molar-refractivity contribution in [2.45, 2.75) is 32.1 Å². The van der Waals surface area contributed by atoms with Crippen LogP contribution in [0.25, 0.3) is 0 Å². The van der Waals surface area contributed by atoms with Gasteiger partial charge in [0.05, 0.1) is 11.5 Å².